The minimum Gasteiger partial charge on any atom is -0.333 e. The summed E-state index contributed by atoms with van der Waals surface area (Å²) in [6, 6.07) is 5.13. The van der Waals surface area contributed by atoms with Crippen molar-refractivity contribution < 1.29 is 4.79 Å². The molecule has 1 aromatic carbocycles. The molecule has 0 aliphatic carbocycles. The second-order valence-electron chi connectivity index (χ2n) is 4.21. The van der Waals surface area contributed by atoms with Crippen LogP contribution in [-0.2, 0) is 0 Å². The summed E-state index contributed by atoms with van der Waals surface area (Å²) in [5.41, 5.74) is 0.552. The zero-order valence-electron chi connectivity index (χ0n) is 9.54. The van der Waals surface area contributed by atoms with E-state index in [9.17, 15) is 4.79 Å². The molecule has 0 spiro atoms. The first kappa shape index (κ1) is 12.7. The van der Waals surface area contributed by atoms with E-state index in [0.717, 1.165) is 13.1 Å². The number of carbonyl (C=O) groups excluding carboxylic acids is 1. The van der Waals surface area contributed by atoms with Crippen LogP contribution in [0.25, 0.3) is 0 Å². The first-order valence-corrected chi connectivity index (χ1v) is 6.31. The predicted molar refractivity (Wildman–Crippen MR) is 69.8 cm³/mol. The number of benzene rings is 1. The molecule has 1 aliphatic heterocycles. The Bertz CT molecular complexity index is 416. The Morgan fingerprint density at radius 1 is 1.35 bits per heavy atom. The van der Waals surface area contributed by atoms with E-state index in [2.05, 4.69) is 5.32 Å². The lowest BCUT2D eigenvalue weighted by Gasteiger charge is -2.34. The number of nitrogens with zero attached hydrogens (tertiary/aromatic N) is 1. The second kappa shape index (κ2) is 5.25. The number of carbonyl (C=O) groups is 1. The van der Waals surface area contributed by atoms with Gasteiger partial charge in [0.1, 0.15) is 0 Å². The molecule has 1 fully saturated rings. The summed E-state index contributed by atoms with van der Waals surface area (Å²) in [5.74, 6) is -0.0107. The van der Waals surface area contributed by atoms with Crippen LogP contribution in [0.4, 0.5) is 0 Å². The molecule has 17 heavy (non-hydrogen) atoms. The fourth-order valence-corrected chi connectivity index (χ4v) is 2.51. The average molecular weight is 273 g/mol. The SMILES string of the molecule is C[C@H]1CNCCN1C(=O)c1cc(Cl)cc(Cl)c1. The van der Waals surface area contributed by atoms with Crippen LogP contribution in [-0.4, -0.2) is 36.5 Å². The van der Waals surface area contributed by atoms with Gasteiger partial charge in [-0.1, -0.05) is 23.2 Å². The number of halogens is 2. The Labute approximate surface area is 111 Å². The molecular formula is C12H14Cl2N2O. The Balaban J connectivity index is 2.23. The minimum absolute atomic E-state index is 0.0107. The van der Waals surface area contributed by atoms with Gasteiger partial charge in [-0.15, -0.1) is 0 Å². The maximum Gasteiger partial charge on any atom is 0.254 e. The largest absolute Gasteiger partial charge is 0.333 e. The van der Waals surface area contributed by atoms with Crippen molar-refractivity contribution in [3.63, 3.8) is 0 Å². The van der Waals surface area contributed by atoms with Crippen LogP contribution in [0.5, 0.6) is 0 Å². The average Bonchev–Trinajstić information content (AvgIpc) is 2.27. The zero-order valence-corrected chi connectivity index (χ0v) is 11.1. The molecule has 0 saturated carbocycles. The summed E-state index contributed by atoms with van der Waals surface area (Å²) in [5, 5.41) is 4.23. The number of hydrogen-bond donors (Lipinski definition) is 1. The lowest BCUT2D eigenvalue weighted by Crippen LogP contribution is -2.52. The van der Waals surface area contributed by atoms with Gasteiger partial charge in [0.25, 0.3) is 5.91 Å². The van der Waals surface area contributed by atoms with Crippen molar-refractivity contribution in [2.24, 2.45) is 0 Å². The third-order valence-electron chi connectivity index (χ3n) is 2.87. The van der Waals surface area contributed by atoms with Crippen molar-refractivity contribution in [3.05, 3.63) is 33.8 Å². The van der Waals surface area contributed by atoms with Crippen LogP contribution >= 0.6 is 23.2 Å². The monoisotopic (exact) mass is 272 g/mol. The van der Waals surface area contributed by atoms with Crippen molar-refractivity contribution >= 4 is 29.1 Å². The van der Waals surface area contributed by atoms with Crippen molar-refractivity contribution in [3.8, 4) is 0 Å². The second-order valence-corrected chi connectivity index (χ2v) is 5.08. The Kier molecular flexibility index (Phi) is 3.92. The van der Waals surface area contributed by atoms with Gasteiger partial charge in [0.2, 0.25) is 0 Å². The Morgan fingerprint density at radius 2 is 2.00 bits per heavy atom. The van der Waals surface area contributed by atoms with Crippen molar-refractivity contribution in [2.75, 3.05) is 19.6 Å². The molecule has 1 saturated heterocycles. The molecule has 1 N–H and O–H groups in total. The van der Waals surface area contributed by atoms with Gasteiger partial charge in [-0.3, -0.25) is 4.79 Å². The van der Waals surface area contributed by atoms with Crippen LogP contribution in [0, 0.1) is 0 Å². The molecule has 1 aliphatic rings. The maximum atomic E-state index is 12.3. The Hall–Kier alpha value is -0.770. The lowest BCUT2D eigenvalue weighted by molar-refractivity contribution is 0.0656. The fraction of sp³-hybridized carbons (Fsp3) is 0.417. The highest BCUT2D eigenvalue weighted by atomic mass is 35.5. The Morgan fingerprint density at radius 3 is 2.59 bits per heavy atom. The molecule has 1 atom stereocenters. The zero-order chi connectivity index (χ0) is 12.4. The van der Waals surface area contributed by atoms with E-state index >= 15 is 0 Å². The number of hydrogen-bond acceptors (Lipinski definition) is 2. The molecular weight excluding hydrogens is 259 g/mol. The van der Waals surface area contributed by atoms with Gasteiger partial charge in [0, 0.05) is 41.3 Å². The summed E-state index contributed by atoms with van der Waals surface area (Å²) >= 11 is 11.8. The highest BCUT2D eigenvalue weighted by Gasteiger charge is 2.24. The molecule has 1 aromatic rings. The summed E-state index contributed by atoms with van der Waals surface area (Å²) in [7, 11) is 0. The maximum absolute atomic E-state index is 12.3. The van der Waals surface area contributed by atoms with Gasteiger partial charge in [0.15, 0.2) is 0 Å². The fourth-order valence-electron chi connectivity index (χ4n) is 1.99. The molecule has 3 nitrogen and oxygen atoms in total. The number of amides is 1. The minimum atomic E-state index is -0.0107. The number of rotatable bonds is 1. The van der Waals surface area contributed by atoms with Gasteiger partial charge in [-0.2, -0.15) is 0 Å². The van der Waals surface area contributed by atoms with E-state index in [-0.39, 0.29) is 11.9 Å². The molecule has 0 aromatic heterocycles. The third kappa shape index (κ3) is 2.92. The van der Waals surface area contributed by atoms with E-state index in [1.54, 1.807) is 18.2 Å². The van der Waals surface area contributed by atoms with Crippen molar-refractivity contribution in [1.29, 1.82) is 0 Å². The molecule has 1 heterocycles. The third-order valence-corrected chi connectivity index (χ3v) is 3.31. The molecule has 5 heteroatoms. The quantitative estimate of drug-likeness (QED) is 0.852. The van der Waals surface area contributed by atoms with Crippen LogP contribution in [0.3, 0.4) is 0 Å². The van der Waals surface area contributed by atoms with Crippen LogP contribution < -0.4 is 5.32 Å². The van der Waals surface area contributed by atoms with Gasteiger partial charge in [-0.25, -0.2) is 0 Å². The first-order chi connectivity index (χ1) is 8.08. The van der Waals surface area contributed by atoms with Crippen LogP contribution in [0.15, 0.2) is 18.2 Å². The molecule has 2 rings (SSSR count). The standard InChI is InChI=1S/C12H14Cl2N2O/c1-8-7-15-2-3-16(8)12(17)9-4-10(13)6-11(14)5-9/h4-6,8,15H,2-3,7H2,1H3/t8-/m0/s1. The summed E-state index contributed by atoms with van der Waals surface area (Å²) in [6.45, 7) is 4.38. The first-order valence-electron chi connectivity index (χ1n) is 5.55. The number of piperazine rings is 1. The van der Waals surface area contributed by atoms with E-state index in [4.69, 9.17) is 23.2 Å². The van der Waals surface area contributed by atoms with Crippen molar-refractivity contribution in [1.82, 2.24) is 10.2 Å². The molecule has 1 amide bonds. The predicted octanol–water partition coefficient (Wildman–Crippen LogP) is 2.43. The van der Waals surface area contributed by atoms with E-state index < -0.39 is 0 Å². The van der Waals surface area contributed by atoms with Crippen LogP contribution in [0.2, 0.25) is 10.0 Å². The molecule has 0 bridgehead atoms. The highest BCUT2D eigenvalue weighted by molar-refractivity contribution is 6.35. The van der Waals surface area contributed by atoms with Gasteiger partial charge < -0.3 is 10.2 Å². The van der Waals surface area contributed by atoms with Crippen molar-refractivity contribution in [2.45, 2.75) is 13.0 Å². The normalized spacial score (nSPS) is 20.4. The summed E-state index contributed by atoms with van der Waals surface area (Å²) in [6.07, 6.45) is 0. The molecule has 0 unspecified atom stereocenters. The van der Waals surface area contributed by atoms with Gasteiger partial charge >= 0.3 is 0 Å². The lowest BCUT2D eigenvalue weighted by atomic mass is 10.1. The smallest absolute Gasteiger partial charge is 0.254 e. The topological polar surface area (TPSA) is 32.3 Å². The summed E-state index contributed by atoms with van der Waals surface area (Å²) < 4.78 is 0. The van der Waals surface area contributed by atoms with Gasteiger partial charge in [-0.05, 0) is 25.1 Å². The van der Waals surface area contributed by atoms with E-state index in [1.165, 1.54) is 0 Å². The van der Waals surface area contributed by atoms with Gasteiger partial charge in [0.05, 0.1) is 0 Å². The van der Waals surface area contributed by atoms with Crippen LogP contribution in [0.1, 0.15) is 17.3 Å². The highest BCUT2D eigenvalue weighted by Crippen LogP contribution is 2.21. The molecule has 0 radical (unpaired) electrons. The van der Waals surface area contributed by atoms with E-state index in [1.807, 2.05) is 11.8 Å². The molecule has 92 valence electrons. The number of nitrogens with one attached hydrogen (secondary N) is 1. The summed E-state index contributed by atoms with van der Waals surface area (Å²) in [4.78, 5) is 14.1. The van der Waals surface area contributed by atoms with E-state index in [0.29, 0.717) is 22.2 Å².